The SMILES string of the molecule is Cc1cc(C)c2c(c1)Sc1cc(C)cc(C)c1OP(OCC(F)(F)F)(OCC(F)(F)F)(OCC(F)(F)F)O2. The second kappa shape index (κ2) is 10.2. The normalized spacial score (nSPS) is 18.1. The molecule has 0 aliphatic carbocycles. The van der Waals surface area contributed by atoms with Crippen LogP contribution in [0.5, 0.6) is 11.5 Å². The van der Waals surface area contributed by atoms with Crippen LogP contribution in [0.15, 0.2) is 34.1 Å². The van der Waals surface area contributed by atoms with Crippen LogP contribution in [-0.4, -0.2) is 38.3 Å². The number of hydrogen-bond acceptors (Lipinski definition) is 6. The number of benzene rings is 2. The second-order valence-corrected chi connectivity index (χ2v) is 12.2. The molecule has 0 unspecified atom stereocenters. The van der Waals surface area contributed by atoms with Crippen molar-refractivity contribution in [2.75, 3.05) is 19.8 Å². The van der Waals surface area contributed by atoms with Crippen molar-refractivity contribution in [2.24, 2.45) is 0 Å². The van der Waals surface area contributed by atoms with Crippen LogP contribution in [0.1, 0.15) is 22.3 Å². The van der Waals surface area contributed by atoms with Crippen LogP contribution in [0.4, 0.5) is 39.5 Å². The maximum atomic E-state index is 13.4. The van der Waals surface area contributed by atoms with Crippen LogP contribution < -0.4 is 9.05 Å². The van der Waals surface area contributed by atoms with E-state index in [0.29, 0.717) is 11.1 Å². The summed E-state index contributed by atoms with van der Waals surface area (Å²) in [6.45, 7) is -1.13. The predicted octanol–water partition coefficient (Wildman–Crippen LogP) is 8.71. The molecule has 5 nitrogen and oxygen atoms in total. The topological polar surface area (TPSA) is 46.2 Å². The molecule has 0 spiro atoms. The van der Waals surface area contributed by atoms with Gasteiger partial charge in [-0.05, 0) is 0 Å². The van der Waals surface area contributed by atoms with E-state index < -0.39 is 57.6 Å². The molecule has 38 heavy (non-hydrogen) atoms. The predicted molar refractivity (Wildman–Crippen MR) is 120 cm³/mol. The first-order valence-corrected chi connectivity index (χ1v) is 13.3. The van der Waals surface area contributed by atoms with Gasteiger partial charge in [-0.1, -0.05) is 0 Å². The van der Waals surface area contributed by atoms with E-state index in [1.165, 1.54) is 38.1 Å². The number of hydrogen-bond donors (Lipinski definition) is 0. The molecule has 0 N–H and O–H groups in total. The van der Waals surface area contributed by atoms with E-state index in [2.05, 4.69) is 0 Å². The van der Waals surface area contributed by atoms with Crippen molar-refractivity contribution in [2.45, 2.75) is 56.0 Å². The third kappa shape index (κ3) is 7.59. The first-order valence-electron chi connectivity index (χ1n) is 10.7. The van der Waals surface area contributed by atoms with Crippen molar-refractivity contribution in [1.82, 2.24) is 0 Å². The quantitative estimate of drug-likeness (QED) is 0.244. The molecule has 0 amide bonds. The van der Waals surface area contributed by atoms with Gasteiger partial charge >= 0.3 is 215 Å². The maximum absolute atomic E-state index is 13.4. The van der Waals surface area contributed by atoms with E-state index in [9.17, 15) is 39.5 Å². The van der Waals surface area contributed by atoms with Gasteiger partial charge in [-0.3, -0.25) is 0 Å². The summed E-state index contributed by atoms with van der Waals surface area (Å²) in [5.74, 6) is -0.843. The molecule has 214 valence electrons. The van der Waals surface area contributed by atoms with Crippen LogP contribution in [0.25, 0.3) is 0 Å². The molecule has 0 aromatic heterocycles. The summed E-state index contributed by atoms with van der Waals surface area (Å²) in [7, 11) is -6.94. The molecule has 1 aliphatic rings. The minimum absolute atomic E-state index is 0.139. The molecule has 0 bridgehead atoms. The van der Waals surface area contributed by atoms with Gasteiger partial charge in [0.1, 0.15) is 0 Å². The summed E-state index contributed by atoms with van der Waals surface area (Å²) in [6.07, 6.45) is -15.8. The summed E-state index contributed by atoms with van der Waals surface area (Å²) >= 11 is 0.981. The fourth-order valence-electron chi connectivity index (χ4n) is 3.46. The van der Waals surface area contributed by atoms with Gasteiger partial charge in [0.25, 0.3) is 0 Å². The zero-order chi connectivity index (χ0) is 28.8. The molecule has 0 fully saturated rings. The Hall–Kier alpha value is -1.93. The van der Waals surface area contributed by atoms with Crippen molar-refractivity contribution in [1.29, 1.82) is 0 Å². The fourth-order valence-corrected chi connectivity index (χ4v) is 7.63. The Morgan fingerprint density at radius 3 is 1.21 bits per heavy atom. The third-order valence-corrected chi connectivity index (χ3v) is 8.45. The van der Waals surface area contributed by atoms with E-state index in [-0.39, 0.29) is 20.9 Å². The van der Waals surface area contributed by atoms with Gasteiger partial charge in [0, 0.05) is 0 Å². The van der Waals surface area contributed by atoms with Gasteiger partial charge in [-0.15, -0.1) is 0 Å². The van der Waals surface area contributed by atoms with Crippen LogP contribution >= 0.6 is 19.5 Å². The van der Waals surface area contributed by atoms with E-state index in [1.807, 2.05) is 0 Å². The zero-order valence-corrected chi connectivity index (χ0v) is 21.9. The average Bonchev–Trinajstić information content (AvgIpc) is 2.72. The summed E-state index contributed by atoms with van der Waals surface area (Å²) < 4.78 is 146. The molecule has 1 heterocycles. The minimum atomic E-state index is -6.94. The van der Waals surface area contributed by atoms with Gasteiger partial charge in [-0.2, -0.15) is 0 Å². The van der Waals surface area contributed by atoms with Crippen molar-refractivity contribution in [3.63, 3.8) is 0 Å². The summed E-state index contributed by atoms with van der Waals surface area (Å²) in [5.41, 5.74) is 1.52. The molecule has 0 saturated carbocycles. The average molecular weight is 600 g/mol. The van der Waals surface area contributed by atoms with E-state index >= 15 is 0 Å². The van der Waals surface area contributed by atoms with E-state index in [4.69, 9.17) is 22.6 Å². The summed E-state index contributed by atoms with van der Waals surface area (Å²) in [4.78, 5) is 0.292. The Kier molecular flexibility index (Phi) is 8.24. The number of alkyl halides is 9. The van der Waals surface area contributed by atoms with E-state index in [0.717, 1.165) is 11.8 Å². The molecule has 16 heteroatoms. The van der Waals surface area contributed by atoms with Crippen molar-refractivity contribution in [3.8, 4) is 11.5 Å². The van der Waals surface area contributed by atoms with Crippen LogP contribution in [-0.2, 0) is 13.6 Å². The Balaban J connectivity index is 2.41. The monoisotopic (exact) mass is 600 g/mol. The molecular weight excluding hydrogens is 578 g/mol. The molecule has 3 rings (SSSR count). The van der Waals surface area contributed by atoms with Crippen molar-refractivity contribution in [3.05, 3.63) is 46.5 Å². The van der Waals surface area contributed by atoms with Crippen molar-refractivity contribution >= 4 is 19.5 Å². The Morgan fingerprint density at radius 1 is 0.605 bits per heavy atom. The first-order chi connectivity index (χ1) is 17.2. The third-order valence-electron chi connectivity index (χ3n) is 4.79. The van der Waals surface area contributed by atoms with Crippen LogP contribution in [0.2, 0.25) is 0 Å². The van der Waals surface area contributed by atoms with Gasteiger partial charge in [0.05, 0.1) is 0 Å². The molecular formula is C22H22F9O5PS. The van der Waals surface area contributed by atoms with E-state index in [1.54, 1.807) is 13.8 Å². The van der Waals surface area contributed by atoms with Crippen molar-refractivity contribution < 1.29 is 62.1 Å². The summed E-state index contributed by atoms with van der Waals surface area (Å²) in [6, 6.07) is 5.88. The van der Waals surface area contributed by atoms with Crippen LogP contribution in [0.3, 0.4) is 0 Å². The molecule has 2 aromatic carbocycles. The molecule has 1 aliphatic heterocycles. The molecule has 0 atom stereocenters. The van der Waals surface area contributed by atoms with Gasteiger partial charge in [0.2, 0.25) is 0 Å². The fraction of sp³-hybridized carbons (Fsp3) is 0.455. The van der Waals surface area contributed by atoms with Gasteiger partial charge < -0.3 is 0 Å². The number of rotatable bonds is 6. The first kappa shape index (κ1) is 30.6. The Bertz CT molecular complexity index is 1090. The molecule has 0 saturated heterocycles. The van der Waals surface area contributed by atoms with Crippen LogP contribution in [0, 0.1) is 27.7 Å². The van der Waals surface area contributed by atoms with Gasteiger partial charge in [-0.25, -0.2) is 0 Å². The zero-order valence-electron chi connectivity index (χ0n) is 20.2. The number of aryl methyl sites for hydroxylation is 4. The molecule has 0 radical (unpaired) electrons. The standard InChI is InChI=1S/C22H22F9O5PS/c1-12-5-14(3)18-16(7-12)38-17-8-13(2)6-15(4)19(17)36-37(35-18,32-9-20(23,24)25,33-10-21(26,27)28)34-11-22(29,30)31/h5-8H,9-11H2,1-4H3. The molecule has 2 aromatic rings. The van der Waals surface area contributed by atoms with Gasteiger partial charge in [0.15, 0.2) is 0 Å². The second-order valence-electron chi connectivity index (χ2n) is 8.51. The Labute approximate surface area is 215 Å². The number of fused-ring (bicyclic) bond motifs is 2. The summed E-state index contributed by atoms with van der Waals surface area (Å²) in [5, 5.41) is 0. The number of halogens is 9. The Morgan fingerprint density at radius 2 is 0.921 bits per heavy atom.